The van der Waals surface area contributed by atoms with Crippen LogP contribution in [0.5, 0.6) is 5.75 Å². The lowest BCUT2D eigenvalue weighted by Gasteiger charge is -2.25. The standard InChI is InChI=1S/C21H27FN2O4/c1-7-27-21(25)28-19-17(14-8-10-15(22)11-9-14)16(12-26-6)18(13(2)3)23-20(19)24(4)5/h8-11,13H,7,12H2,1-6H3. The first-order valence-electron chi connectivity index (χ1n) is 9.13. The number of pyridine rings is 1. The van der Waals surface area contributed by atoms with E-state index in [0.29, 0.717) is 16.9 Å². The fraction of sp³-hybridized carbons (Fsp3) is 0.429. The van der Waals surface area contributed by atoms with Gasteiger partial charge in [-0.2, -0.15) is 0 Å². The molecule has 152 valence electrons. The molecule has 0 fully saturated rings. The number of methoxy groups -OCH3 is 1. The van der Waals surface area contributed by atoms with E-state index in [4.69, 9.17) is 19.2 Å². The molecular formula is C21H27FN2O4. The van der Waals surface area contributed by atoms with Crippen molar-refractivity contribution in [3.05, 3.63) is 41.3 Å². The van der Waals surface area contributed by atoms with Crippen molar-refractivity contribution >= 4 is 12.0 Å². The fourth-order valence-corrected chi connectivity index (χ4v) is 2.93. The van der Waals surface area contributed by atoms with Crippen LogP contribution in [-0.4, -0.2) is 39.0 Å². The first kappa shape index (κ1) is 21.6. The second-order valence-electron chi connectivity index (χ2n) is 6.78. The van der Waals surface area contributed by atoms with Crippen molar-refractivity contribution in [2.24, 2.45) is 0 Å². The molecule has 0 aliphatic heterocycles. The third kappa shape index (κ3) is 4.78. The monoisotopic (exact) mass is 390 g/mol. The molecule has 1 aromatic carbocycles. The number of anilines is 1. The lowest BCUT2D eigenvalue weighted by Crippen LogP contribution is -2.19. The van der Waals surface area contributed by atoms with Crippen LogP contribution in [0, 0.1) is 5.82 Å². The quantitative estimate of drug-likeness (QED) is 0.636. The van der Waals surface area contributed by atoms with Gasteiger partial charge in [0.2, 0.25) is 0 Å². The number of nitrogens with zero attached hydrogens (tertiary/aromatic N) is 2. The van der Waals surface area contributed by atoms with E-state index in [0.717, 1.165) is 11.3 Å². The summed E-state index contributed by atoms with van der Waals surface area (Å²) in [6.07, 6.45) is -0.823. The van der Waals surface area contributed by atoms with E-state index >= 15 is 0 Å². The number of aromatic nitrogens is 1. The zero-order valence-electron chi connectivity index (χ0n) is 17.2. The van der Waals surface area contributed by atoms with E-state index in [-0.39, 0.29) is 30.7 Å². The number of benzene rings is 1. The predicted octanol–water partition coefficient (Wildman–Crippen LogP) is 4.76. The molecule has 28 heavy (non-hydrogen) atoms. The lowest BCUT2D eigenvalue weighted by molar-refractivity contribution is 0.104. The summed E-state index contributed by atoms with van der Waals surface area (Å²) < 4.78 is 29.5. The van der Waals surface area contributed by atoms with Gasteiger partial charge >= 0.3 is 6.16 Å². The molecule has 0 saturated heterocycles. The van der Waals surface area contributed by atoms with E-state index in [1.165, 1.54) is 12.1 Å². The van der Waals surface area contributed by atoms with Crippen molar-refractivity contribution in [3.8, 4) is 16.9 Å². The van der Waals surface area contributed by atoms with Crippen LogP contribution in [0.15, 0.2) is 24.3 Å². The van der Waals surface area contributed by atoms with Gasteiger partial charge in [0.1, 0.15) is 5.82 Å². The highest BCUT2D eigenvalue weighted by molar-refractivity contribution is 5.83. The molecule has 0 aliphatic carbocycles. The van der Waals surface area contributed by atoms with Crippen LogP contribution in [0.2, 0.25) is 0 Å². The van der Waals surface area contributed by atoms with Crippen LogP contribution >= 0.6 is 0 Å². The molecule has 1 heterocycles. The van der Waals surface area contributed by atoms with Crippen LogP contribution in [0.4, 0.5) is 15.0 Å². The smallest absolute Gasteiger partial charge is 0.434 e. The first-order valence-corrected chi connectivity index (χ1v) is 9.13. The number of carbonyl (C=O) groups excluding carboxylic acids is 1. The summed E-state index contributed by atoms with van der Waals surface area (Å²) in [7, 11) is 5.22. The van der Waals surface area contributed by atoms with Crippen LogP contribution in [0.1, 0.15) is 37.9 Å². The molecule has 0 saturated carbocycles. The normalized spacial score (nSPS) is 10.9. The summed E-state index contributed by atoms with van der Waals surface area (Å²) in [4.78, 5) is 18.6. The van der Waals surface area contributed by atoms with Gasteiger partial charge in [0, 0.05) is 32.3 Å². The van der Waals surface area contributed by atoms with Gasteiger partial charge in [-0.15, -0.1) is 0 Å². The Hall–Kier alpha value is -2.67. The third-order valence-electron chi connectivity index (χ3n) is 4.11. The largest absolute Gasteiger partial charge is 0.513 e. The zero-order chi connectivity index (χ0) is 20.8. The summed E-state index contributed by atoms with van der Waals surface area (Å²) in [5.41, 5.74) is 2.94. The van der Waals surface area contributed by atoms with Crippen LogP contribution in [0.3, 0.4) is 0 Å². The Morgan fingerprint density at radius 1 is 1.21 bits per heavy atom. The van der Waals surface area contributed by atoms with E-state index in [1.807, 2.05) is 27.9 Å². The topological polar surface area (TPSA) is 60.9 Å². The maximum atomic E-state index is 13.5. The van der Waals surface area contributed by atoms with Gasteiger partial charge in [0.15, 0.2) is 11.6 Å². The van der Waals surface area contributed by atoms with Crippen molar-refractivity contribution in [1.82, 2.24) is 4.98 Å². The van der Waals surface area contributed by atoms with Gasteiger partial charge in [-0.3, -0.25) is 0 Å². The van der Waals surface area contributed by atoms with Gasteiger partial charge in [0.05, 0.1) is 18.9 Å². The molecular weight excluding hydrogens is 363 g/mol. The highest BCUT2D eigenvalue weighted by atomic mass is 19.1. The van der Waals surface area contributed by atoms with Crippen molar-refractivity contribution in [1.29, 1.82) is 0 Å². The number of rotatable bonds is 7. The molecule has 0 N–H and O–H groups in total. The Bertz CT molecular complexity index is 820. The van der Waals surface area contributed by atoms with Gasteiger partial charge in [-0.25, -0.2) is 14.2 Å². The van der Waals surface area contributed by atoms with Crippen LogP contribution in [-0.2, 0) is 16.1 Å². The van der Waals surface area contributed by atoms with Gasteiger partial charge in [-0.05, 0) is 30.5 Å². The van der Waals surface area contributed by atoms with E-state index < -0.39 is 6.16 Å². The molecule has 6 nitrogen and oxygen atoms in total. The van der Waals surface area contributed by atoms with E-state index in [1.54, 1.807) is 31.1 Å². The number of hydrogen-bond donors (Lipinski definition) is 0. The number of hydrogen-bond acceptors (Lipinski definition) is 6. The molecule has 1 aromatic heterocycles. The minimum Gasteiger partial charge on any atom is -0.434 e. The Balaban J connectivity index is 2.86. The van der Waals surface area contributed by atoms with Crippen LogP contribution < -0.4 is 9.64 Å². The van der Waals surface area contributed by atoms with Crippen molar-refractivity contribution < 1.29 is 23.4 Å². The Morgan fingerprint density at radius 3 is 2.36 bits per heavy atom. The molecule has 7 heteroatoms. The first-order chi connectivity index (χ1) is 13.3. The van der Waals surface area contributed by atoms with Crippen LogP contribution in [0.25, 0.3) is 11.1 Å². The minimum absolute atomic E-state index is 0.0969. The Kier molecular flexibility index (Phi) is 7.34. The molecule has 0 unspecified atom stereocenters. The van der Waals surface area contributed by atoms with Crippen molar-refractivity contribution in [2.75, 3.05) is 32.7 Å². The van der Waals surface area contributed by atoms with Gasteiger partial charge in [0.25, 0.3) is 0 Å². The fourth-order valence-electron chi connectivity index (χ4n) is 2.93. The Labute approximate surface area is 165 Å². The molecule has 0 aliphatic rings. The lowest BCUT2D eigenvalue weighted by atomic mass is 9.93. The summed E-state index contributed by atoms with van der Waals surface area (Å²) >= 11 is 0. The second kappa shape index (κ2) is 9.50. The number of ether oxygens (including phenoxy) is 3. The third-order valence-corrected chi connectivity index (χ3v) is 4.11. The maximum Gasteiger partial charge on any atom is 0.513 e. The molecule has 2 aromatic rings. The highest BCUT2D eigenvalue weighted by Gasteiger charge is 2.26. The SMILES string of the molecule is CCOC(=O)Oc1c(N(C)C)nc(C(C)C)c(COC)c1-c1ccc(F)cc1. The van der Waals surface area contributed by atoms with Crippen molar-refractivity contribution in [3.63, 3.8) is 0 Å². The molecule has 0 spiro atoms. The maximum absolute atomic E-state index is 13.5. The average Bonchev–Trinajstić information content (AvgIpc) is 2.63. The van der Waals surface area contributed by atoms with Crippen molar-refractivity contribution in [2.45, 2.75) is 33.3 Å². The second-order valence-corrected chi connectivity index (χ2v) is 6.78. The average molecular weight is 390 g/mol. The molecule has 0 radical (unpaired) electrons. The summed E-state index contributed by atoms with van der Waals surface area (Å²) in [6, 6.07) is 6.02. The van der Waals surface area contributed by atoms with Gasteiger partial charge in [-0.1, -0.05) is 26.0 Å². The predicted molar refractivity (Wildman–Crippen MR) is 106 cm³/mol. The molecule has 2 rings (SSSR count). The van der Waals surface area contributed by atoms with E-state index in [9.17, 15) is 9.18 Å². The summed E-state index contributed by atoms with van der Waals surface area (Å²) in [5, 5.41) is 0. The Morgan fingerprint density at radius 2 is 1.86 bits per heavy atom. The molecule has 0 bridgehead atoms. The number of halogens is 1. The van der Waals surface area contributed by atoms with E-state index in [2.05, 4.69) is 0 Å². The molecule has 0 amide bonds. The molecule has 0 atom stereocenters. The highest BCUT2D eigenvalue weighted by Crippen LogP contribution is 2.43. The number of carbonyl (C=O) groups is 1. The van der Waals surface area contributed by atoms with Gasteiger partial charge < -0.3 is 19.1 Å². The minimum atomic E-state index is -0.823. The zero-order valence-corrected chi connectivity index (χ0v) is 17.2. The summed E-state index contributed by atoms with van der Waals surface area (Å²) in [5.74, 6) is 0.484. The summed E-state index contributed by atoms with van der Waals surface area (Å²) in [6.45, 7) is 6.21.